The summed E-state index contributed by atoms with van der Waals surface area (Å²) < 4.78 is 39.8. The summed E-state index contributed by atoms with van der Waals surface area (Å²) in [5.74, 6) is 0.471. The molecule has 0 unspecified atom stereocenters. The molecule has 1 aliphatic rings. The normalized spacial score (nSPS) is 15.2. The minimum Gasteiger partial charge on any atom is -0.406 e. The van der Waals surface area contributed by atoms with Crippen LogP contribution >= 0.6 is 11.6 Å². The Morgan fingerprint density at radius 3 is 2.72 bits per heavy atom. The zero-order valence-electron chi connectivity index (χ0n) is 9.22. The predicted molar refractivity (Wildman–Crippen MR) is 62.1 cm³/mol. The van der Waals surface area contributed by atoms with E-state index in [0.717, 1.165) is 18.4 Å². The zero-order chi connectivity index (χ0) is 13.2. The van der Waals surface area contributed by atoms with Crippen LogP contribution in [0.25, 0.3) is 0 Å². The second kappa shape index (κ2) is 5.06. The molecule has 1 heterocycles. The van der Waals surface area contributed by atoms with Crippen molar-refractivity contribution in [3.63, 3.8) is 0 Å². The number of nitrogens with one attached hydrogen (secondary N) is 1. The summed E-state index contributed by atoms with van der Waals surface area (Å²) in [6, 6.07) is 3.90. The van der Waals surface area contributed by atoms with Crippen LogP contribution in [0.1, 0.15) is 5.56 Å². The van der Waals surface area contributed by atoms with Crippen molar-refractivity contribution in [2.45, 2.75) is 12.8 Å². The fourth-order valence-corrected chi connectivity index (χ4v) is 1.85. The average molecular weight is 279 g/mol. The summed E-state index contributed by atoms with van der Waals surface area (Å²) in [6.07, 6.45) is -4.23. The number of halogens is 4. The zero-order valence-corrected chi connectivity index (χ0v) is 9.98. The minimum absolute atomic E-state index is 0.230. The van der Waals surface area contributed by atoms with Gasteiger partial charge in [0.1, 0.15) is 11.6 Å². The quantitative estimate of drug-likeness (QED) is 0.922. The fourth-order valence-electron chi connectivity index (χ4n) is 1.61. The van der Waals surface area contributed by atoms with Crippen LogP contribution in [-0.4, -0.2) is 25.3 Å². The molecule has 7 heteroatoms. The number of nitrogens with zero attached hydrogens (tertiary/aromatic N) is 1. The number of alkyl halides is 3. The molecule has 3 nitrogen and oxygen atoms in total. The van der Waals surface area contributed by atoms with Crippen molar-refractivity contribution in [3.8, 4) is 5.75 Å². The van der Waals surface area contributed by atoms with Crippen LogP contribution in [-0.2, 0) is 6.42 Å². The van der Waals surface area contributed by atoms with E-state index in [9.17, 15) is 13.2 Å². The Labute approximate surface area is 107 Å². The van der Waals surface area contributed by atoms with Crippen molar-refractivity contribution in [1.29, 1.82) is 0 Å². The van der Waals surface area contributed by atoms with Gasteiger partial charge in [-0.1, -0.05) is 17.7 Å². The number of ether oxygens (including phenoxy) is 1. The standard InChI is InChI=1S/C11H10ClF3N2O/c12-9-6-8(18-11(13,14)15)2-1-7(9)5-10-16-3-4-17-10/h1-2,6H,3-5H2,(H,16,17). The molecule has 18 heavy (non-hydrogen) atoms. The molecule has 1 N–H and O–H groups in total. The van der Waals surface area contributed by atoms with Crippen LogP contribution in [0.15, 0.2) is 23.2 Å². The molecule has 0 aromatic heterocycles. The van der Waals surface area contributed by atoms with Crippen LogP contribution in [0.4, 0.5) is 13.2 Å². The highest BCUT2D eigenvalue weighted by molar-refractivity contribution is 6.31. The van der Waals surface area contributed by atoms with Crippen molar-refractivity contribution < 1.29 is 17.9 Å². The lowest BCUT2D eigenvalue weighted by Gasteiger charge is -2.11. The van der Waals surface area contributed by atoms with Gasteiger partial charge in [-0.25, -0.2) is 0 Å². The number of aliphatic imine (C=N–C) groups is 1. The first-order valence-corrected chi connectivity index (χ1v) is 5.63. The summed E-state index contributed by atoms with van der Waals surface area (Å²) >= 11 is 5.91. The topological polar surface area (TPSA) is 33.6 Å². The van der Waals surface area contributed by atoms with Crippen molar-refractivity contribution in [3.05, 3.63) is 28.8 Å². The highest BCUT2D eigenvalue weighted by Gasteiger charge is 2.31. The Kier molecular flexibility index (Phi) is 3.65. The number of benzene rings is 1. The van der Waals surface area contributed by atoms with E-state index >= 15 is 0 Å². The van der Waals surface area contributed by atoms with Gasteiger partial charge in [0.25, 0.3) is 0 Å². The van der Waals surface area contributed by atoms with Gasteiger partial charge in [0.05, 0.1) is 6.54 Å². The molecule has 1 aromatic rings. The molecule has 1 aliphatic heterocycles. The molecular weight excluding hydrogens is 269 g/mol. The van der Waals surface area contributed by atoms with Gasteiger partial charge >= 0.3 is 6.36 Å². The molecule has 0 radical (unpaired) electrons. The van der Waals surface area contributed by atoms with E-state index in [2.05, 4.69) is 15.0 Å². The van der Waals surface area contributed by atoms with Gasteiger partial charge in [0.15, 0.2) is 0 Å². The van der Waals surface area contributed by atoms with E-state index in [1.807, 2.05) is 0 Å². The Hall–Kier alpha value is -1.43. The molecule has 2 rings (SSSR count). The molecule has 1 aromatic carbocycles. The second-order valence-corrected chi connectivity index (χ2v) is 4.14. The summed E-state index contributed by atoms with van der Waals surface area (Å²) in [6.45, 7) is 1.49. The van der Waals surface area contributed by atoms with Crippen molar-refractivity contribution in [2.75, 3.05) is 13.1 Å². The Bertz CT molecular complexity index is 474. The highest BCUT2D eigenvalue weighted by atomic mass is 35.5. The van der Waals surface area contributed by atoms with E-state index in [1.54, 1.807) is 0 Å². The lowest BCUT2D eigenvalue weighted by Crippen LogP contribution is -2.20. The Morgan fingerprint density at radius 1 is 1.39 bits per heavy atom. The van der Waals surface area contributed by atoms with Gasteiger partial charge in [0.2, 0.25) is 0 Å². The van der Waals surface area contributed by atoms with Crippen LogP contribution in [0.2, 0.25) is 5.02 Å². The monoisotopic (exact) mass is 278 g/mol. The number of amidine groups is 1. The molecule has 0 bridgehead atoms. The summed E-state index contributed by atoms with van der Waals surface area (Å²) in [7, 11) is 0. The third-order valence-electron chi connectivity index (χ3n) is 2.36. The molecule has 98 valence electrons. The molecule has 0 fully saturated rings. The van der Waals surface area contributed by atoms with Gasteiger partial charge in [-0.2, -0.15) is 0 Å². The van der Waals surface area contributed by atoms with Crippen molar-refractivity contribution in [1.82, 2.24) is 5.32 Å². The smallest absolute Gasteiger partial charge is 0.406 e. The van der Waals surface area contributed by atoms with Gasteiger partial charge in [-0.05, 0) is 17.7 Å². The lowest BCUT2D eigenvalue weighted by atomic mass is 10.1. The maximum absolute atomic E-state index is 12.0. The predicted octanol–water partition coefficient (Wildman–Crippen LogP) is 2.78. The number of hydrogen-bond acceptors (Lipinski definition) is 3. The molecule has 0 atom stereocenters. The van der Waals surface area contributed by atoms with Crippen LogP contribution in [0.5, 0.6) is 5.75 Å². The maximum Gasteiger partial charge on any atom is 0.573 e. The third-order valence-corrected chi connectivity index (χ3v) is 2.71. The number of rotatable bonds is 3. The second-order valence-electron chi connectivity index (χ2n) is 3.73. The van der Waals surface area contributed by atoms with E-state index in [4.69, 9.17) is 11.6 Å². The van der Waals surface area contributed by atoms with Gasteiger partial charge < -0.3 is 10.1 Å². The third kappa shape index (κ3) is 3.53. The van der Waals surface area contributed by atoms with Crippen LogP contribution in [0, 0.1) is 0 Å². The van der Waals surface area contributed by atoms with Gasteiger partial charge in [-0.3, -0.25) is 4.99 Å². The van der Waals surface area contributed by atoms with Crippen LogP contribution in [0.3, 0.4) is 0 Å². The van der Waals surface area contributed by atoms with E-state index < -0.39 is 6.36 Å². The summed E-state index contributed by atoms with van der Waals surface area (Å²) in [4.78, 5) is 4.19. The molecule has 0 spiro atoms. The molecule has 0 amide bonds. The first kappa shape index (κ1) is 13.0. The Morgan fingerprint density at radius 2 is 2.17 bits per heavy atom. The Balaban J connectivity index is 2.09. The van der Waals surface area contributed by atoms with Gasteiger partial charge in [0, 0.05) is 18.0 Å². The largest absolute Gasteiger partial charge is 0.573 e. The highest BCUT2D eigenvalue weighted by Crippen LogP contribution is 2.27. The van der Waals surface area contributed by atoms with Crippen LogP contribution < -0.4 is 10.1 Å². The first-order chi connectivity index (χ1) is 8.44. The molecule has 0 saturated carbocycles. The van der Waals surface area contributed by atoms with Gasteiger partial charge in [-0.15, -0.1) is 13.2 Å². The van der Waals surface area contributed by atoms with E-state index in [1.165, 1.54) is 12.1 Å². The molecule has 0 saturated heterocycles. The fraction of sp³-hybridized carbons (Fsp3) is 0.364. The molecular formula is C11H10ClF3N2O. The van der Waals surface area contributed by atoms with Crippen molar-refractivity contribution >= 4 is 17.4 Å². The number of hydrogen-bond donors (Lipinski definition) is 1. The maximum atomic E-state index is 12.0. The first-order valence-electron chi connectivity index (χ1n) is 5.25. The van der Waals surface area contributed by atoms with E-state index in [0.29, 0.717) is 18.5 Å². The lowest BCUT2D eigenvalue weighted by molar-refractivity contribution is -0.274. The van der Waals surface area contributed by atoms with E-state index in [-0.39, 0.29) is 10.8 Å². The summed E-state index contributed by atoms with van der Waals surface area (Å²) in [5, 5.41) is 3.30. The SMILES string of the molecule is FC(F)(F)Oc1ccc(CC2=NCCN2)c(Cl)c1. The average Bonchev–Trinajstić information content (AvgIpc) is 2.72. The summed E-state index contributed by atoms with van der Waals surface area (Å²) in [5.41, 5.74) is 0.708. The minimum atomic E-state index is -4.71. The van der Waals surface area contributed by atoms with Crippen molar-refractivity contribution in [2.24, 2.45) is 4.99 Å². The molecule has 0 aliphatic carbocycles.